The Balaban J connectivity index is 2.17. The van der Waals surface area contributed by atoms with E-state index in [2.05, 4.69) is 13.8 Å². The van der Waals surface area contributed by atoms with Gasteiger partial charge in [-0.1, -0.05) is 13.8 Å². The molecule has 1 aromatic rings. The molecule has 1 aliphatic rings. The molecule has 1 aliphatic carbocycles. The molecule has 1 N–H and O–H groups in total. The number of carbonyl (C=O) groups is 1. The summed E-state index contributed by atoms with van der Waals surface area (Å²) in [7, 11) is -2.01. The summed E-state index contributed by atoms with van der Waals surface area (Å²) in [6.07, 6.45) is 3.69. The Labute approximate surface area is 129 Å². The van der Waals surface area contributed by atoms with Crippen LogP contribution in [0.15, 0.2) is 16.3 Å². The molecule has 0 unspecified atom stereocenters. The summed E-state index contributed by atoms with van der Waals surface area (Å²) >= 11 is 0.943. The van der Waals surface area contributed by atoms with E-state index in [4.69, 9.17) is 5.11 Å². The van der Waals surface area contributed by atoms with Gasteiger partial charge in [0.15, 0.2) is 0 Å². The molecule has 0 atom stereocenters. The predicted molar refractivity (Wildman–Crippen MR) is 82.3 cm³/mol. The molecule has 1 saturated carbocycles. The molecule has 0 bridgehead atoms. The second-order valence-corrected chi connectivity index (χ2v) is 9.28. The average Bonchev–Trinajstić information content (AvgIpc) is 2.88. The molecule has 5 nitrogen and oxygen atoms in total. The predicted octanol–water partition coefficient (Wildman–Crippen LogP) is 3.04. The van der Waals surface area contributed by atoms with Crippen molar-refractivity contribution in [2.24, 2.45) is 5.41 Å². The SMILES string of the molecule is CN(C1CCC(C)(C)CC1)S(=O)(=O)c1csc(C(=O)O)c1. The Morgan fingerprint density at radius 2 is 1.95 bits per heavy atom. The van der Waals surface area contributed by atoms with Gasteiger partial charge >= 0.3 is 5.97 Å². The Morgan fingerprint density at radius 1 is 1.38 bits per heavy atom. The topological polar surface area (TPSA) is 74.7 Å². The summed E-state index contributed by atoms with van der Waals surface area (Å²) in [4.78, 5) is 11.0. The fourth-order valence-corrected chi connectivity index (χ4v) is 5.19. The maximum atomic E-state index is 12.6. The van der Waals surface area contributed by atoms with Crippen molar-refractivity contribution in [2.45, 2.75) is 50.5 Å². The number of sulfonamides is 1. The first-order valence-corrected chi connectivity index (χ1v) is 9.25. The number of aromatic carboxylic acids is 1. The number of thiophene rings is 1. The van der Waals surface area contributed by atoms with Crippen molar-refractivity contribution >= 4 is 27.3 Å². The highest BCUT2D eigenvalue weighted by Gasteiger charge is 2.34. The third-order valence-electron chi connectivity index (χ3n) is 4.29. The van der Waals surface area contributed by atoms with Gasteiger partial charge in [0.1, 0.15) is 4.88 Å². The van der Waals surface area contributed by atoms with E-state index >= 15 is 0 Å². The van der Waals surface area contributed by atoms with Crippen molar-refractivity contribution in [2.75, 3.05) is 7.05 Å². The van der Waals surface area contributed by atoms with Crippen molar-refractivity contribution in [3.8, 4) is 0 Å². The van der Waals surface area contributed by atoms with Crippen LogP contribution in [0.25, 0.3) is 0 Å². The summed E-state index contributed by atoms with van der Waals surface area (Å²) in [5, 5.41) is 10.3. The van der Waals surface area contributed by atoms with Crippen LogP contribution in [0.4, 0.5) is 0 Å². The Bertz CT molecular complexity index is 623. The highest BCUT2D eigenvalue weighted by atomic mass is 32.2. The first-order chi connectivity index (χ1) is 9.63. The van der Waals surface area contributed by atoms with Crippen molar-refractivity contribution in [3.05, 3.63) is 16.3 Å². The molecule has 1 fully saturated rings. The van der Waals surface area contributed by atoms with Gasteiger partial charge in [-0.2, -0.15) is 4.31 Å². The lowest BCUT2D eigenvalue weighted by molar-refractivity contribution is 0.0702. The summed E-state index contributed by atoms with van der Waals surface area (Å²) in [6, 6.07) is 1.24. The van der Waals surface area contributed by atoms with Crippen LogP contribution in [0.5, 0.6) is 0 Å². The van der Waals surface area contributed by atoms with Crippen LogP contribution in [-0.4, -0.2) is 36.9 Å². The van der Waals surface area contributed by atoms with Gasteiger partial charge < -0.3 is 5.11 Å². The summed E-state index contributed by atoms with van der Waals surface area (Å²) in [5.41, 5.74) is 0.278. The van der Waals surface area contributed by atoms with E-state index in [0.29, 0.717) is 0 Å². The van der Waals surface area contributed by atoms with Gasteiger partial charge in [0.05, 0.1) is 4.90 Å². The fourth-order valence-electron chi connectivity index (χ4n) is 2.68. The quantitative estimate of drug-likeness (QED) is 0.920. The molecular formula is C14H21NO4S2. The zero-order chi connectivity index (χ0) is 15.8. The molecule has 0 amide bonds. The summed E-state index contributed by atoms with van der Waals surface area (Å²) in [6.45, 7) is 4.41. The second kappa shape index (κ2) is 5.70. The third-order valence-corrected chi connectivity index (χ3v) is 7.24. The second-order valence-electron chi connectivity index (χ2n) is 6.37. The first kappa shape index (κ1) is 16.5. The molecular weight excluding hydrogens is 310 g/mol. The highest BCUT2D eigenvalue weighted by Crippen LogP contribution is 2.38. The number of carboxylic acids is 1. The van der Waals surface area contributed by atoms with Crippen LogP contribution in [0, 0.1) is 5.41 Å². The van der Waals surface area contributed by atoms with Gasteiger partial charge in [-0.3, -0.25) is 0 Å². The number of hydrogen-bond donors (Lipinski definition) is 1. The summed E-state index contributed by atoms with van der Waals surface area (Å²) in [5.74, 6) is -1.09. The van der Waals surface area contributed by atoms with Gasteiger partial charge in [0, 0.05) is 18.5 Å². The van der Waals surface area contributed by atoms with Crippen molar-refractivity contribution < 1.29 is 18.3 Å². The molecule has 1 aromatic heterocycles. The molecule has 21 heavy (non-hydrogen) atoms. The lowest BCUT2D eigenvalue weighted by Crippen LogP contribution is -2.40. The van der Waals surface area contributed by atoms with E-state index in [1.54, 1.807) is 7.05 Å². The van der Waals surface area contributed by atoms with Crippen LogP contribution < -0.4 is 0 Å². The lowest BCUT2D eigenvalue weighted by Gasteiger charge is -2.37. The molecule has 1 heterocycles. The van der Waals surface area contributed by atoms with Crippen LogP contribution in [0.1, 0.15) is 49.2 Å². The van der Waals surface area contributed by atoms with Crippen molar-refractivity contribution in [1.29, 1.82) is 0 Å². The minimum Gasteiger partial charge on any atom is -0.477 e. The largest absolute Gasteiger partial charge is 0.477 e. The van der Waals surface area contributed by atoms with Gasteiger partial charge in [-0.25, -0.2) is 13.2 Å². The smallest absolute Gasteiger partial charge is 0.345 e. The Morgan fingerprint density at radius 3 is 2.43 bits per heavy atom. The van der Waals surface area contributed by atoms with Crippen LogP contribution >= 0.6 is 11.3 Å². The zero-order valence-electron chi connectivity index (χ0n) is 12.5. The standard InChI is InChI=1S/C14H21NO4S2/c1-14(2)6-4-10(5-7-14)15(3)21(18,19)11-8-12(13(16)17)20-9-11/h8-10H,4-7H2,1-3H3,(H,16,17). The first-order valence-electron chi connectivity index (χ1n) is 6.93. The maximum Gasteiger partial charge on any atom is 0.345 e. The molecule has 0 saturated heterocycles. The van der Waals surface area contributed by atoms with E-state index in [1.165, 1.54) is 15.8 Å². The van der Waals surface area contributed by atoms with Crippen molar-refractivity contribution in [1.82, 2.24) is 4.31 Å². The monoisotopic (exact) mass is 331 g/mol. The molecule has 118 valence electrons. The van der Waals surface area contributed by atoms with Gasteiger partial charge in [-0.05, 0) is 37.2 Å². The fraction of sp³-hybridized carbons (Fsp3) is 0.643. The van der Waals surface area contributed by atoms with Crippen LogP contribution in [0.3, 0.4) is 0 Å². The molecule has 0 aliphatic heterocycles. The maximum absolute atomic E-state index is 12.6. The highest BCUT2D eigenvalue weighted by molar-refractivity contribution is 7.89. The van der Waals surface area contributed by atoms with Crippen LogP contribution in [0.2, 0.25) is 0 Å². The molecule has 0 radical (unpaired) electrons. The van der Waals surface area contributed by atoms with E-state index in [1.807, 2.05) is 0 Å². The van der Waals surface area contributed by atoms with Gasteiger partial charge in [-0.15, -0.1) is 11.3 Å². The molecule has 0 spiro atoms. The molecule has 0 aromatic carbocycles. The van der Waals surface area contributed by atoms with Gasteiger partial charge in [0.25, 0.3) is 0 Å². The van der Waals surface area contributed by atoms with E-state index in [-0.39, 0.29) is 21.2 Å². The third kappa shape index (κ3) is 3.46. The normalized spacial score (nSPS) is 19.8. The number of rotatable bonds is 4. The summed E-state index contributed by atoms with van der Waals surface area (Å²) < 4.78 is 26.5. The minimum atomic E-state index is -3.61. The number of hydrogen-bond acceptors (Lipinski definition) is 4. The van der Waals surface area contributed by atoms with E-state index < -0.39 is 16.0 Å². The van der Waals surface area contributed by atoms with Crippen molar-refractivity contribution in [3.63, 3.8) is 0 Å². The Hall–Kier alpha value is -0.920. The van der Waals surface area contributed by atoms with Gasteiger partial charge in [0.2, 0.25) is 10.0 Å². The van der Waals surface area contributed by atoms with Crippen LogP contribution in [-0.2, 0) is 10.0 Å². The van der Waals surface area contributed by atoms with E-state index in [9.17, 15) is 13.2 Å². The average molecular weight is 331 g/mol. The zero-order valence-corrected chi connectivity index (χ0v) is 14.1. The number of carboxylic acid groups (broad SMARTS) is 1. The van der Waals surface area contributed by atoms with E-state index in [0.717, 1.165) is 37.0 Å². The molecule has 7 heteroatoms. The lowest BCUT2D eigenvalue weighted by atomic mass is 9.76. The molecule has 2 rings (SSSR count). The minimum absolute atomic E-state index is 0.00352. The number of nitrogens with zero attached hydrogens (tertiary/aromatic N) is 1. The Kier molecular flexibility index (Phi) is 4.46.